The average Bonchev–Trinajstić information content (AvgIpc) is 3.43. The number of nitrogens with zero attached hydrogens (tertiary/aromatic N) is 1. The van der Waals surface area contributed by atoms with E-state index in [1.165, 1.54) is 21.7 Å². The van der Waals surface area contributed by atoms with E-state index in [2.05, 4.69) is 98.7 Å². The average molecular weight is 455 g/mol. The van der Waals surface area contributed by atoms with Crippen molar-refractivity contribution in [1.82, 2.24) is 4.90 Å². The van der Waals surface area contributed by atoms with Gasteiger partial charge in [-0.2, -0.15) is 35.4 Å². The molecule has 0 unspecified atom stereocenters. The number of aryl methyl sites for hydroxylation is 1. The standard InChI is InChI=1S/C22H25NP.C5H5.Fe/c1-18-14-15-19(16-17-23(2)3)22(18)24(20-10-6-4-7-11-20)21-12-8-5-9-13-21;1-2-4-5-3-1;/h4-15H,16-17H2,1-3H3;1-5H;/q2*-1;+2. The molecule has 4 rings (SSSR count). The molecule has 0 heterocycles. The SMILES string of the molecule is C[c-]1ccc(CCN(C)C)c1P(c1ccccc1)c1ccccc1.[Fe+2].c1cc[cH-]c1. The molecule has 0 fully saturated rings. The second kappa shape index (κ2) is 12.7. The topological polar surface area (TPSA) is 3.24 Å². The van der Waals surface area contributed by atoms with E-state index in [-0.39, 0.29) is 17.1 Å². The zero-order valence-electron chi connectivity index (χ0n) is 18.0. The van der Waals surface area contributed by atoms with Gasteiger partial charge in [-0.05, 0) is 39.2 Å². The van der Waals surface area contributed by atoms with Crippen LogP contribution < -0.4 is 15.9 Å². The van der Waals surface area contributed by atoms with Crippen molar-refractivity contribution in [2.24, 2.45) is 0 Å². The van der Waals surface area contributed by atoms with E-state index < -0.39 is 7.92 Å². The molecule has 1 nitrogen and oxygen atoms in total. The number of hydrogen-bond donors (Lipinski definition) is 0. The van der Waals surface area contributed by atoms with Crippen LogP contribution in [0.5, 0.6) is 0 Å². The summed E-state index contributed by atoms with van der Waals surface area (Å²) in [5.74, 6) is 0. The van der Waals surface area contributed by atoms with E-state index in [1.54, 1.807) is 5.30 Å². The van der Waals surface area contributed by atoms with Crippen molar-refractivity contribution in [2.75, 3.05) is 20.6 Å². The first-order chi connectivity index (χ1) is 14.2. The second-order valence-electron chi connectivity index (χ2n) is 7.41. The Hall–Kier alpha value is -1.95. The largest absolute Gasteiger partial charge is 2.00 e. The summed E-state index contributed by atoms with van der Waals surface area (Å²) < 4.78 is 0. The van der Waals surface area contributed by atoms with Crippen molar-refractivity contribution in [3.05, 3.63) is 114 Å². The van der Waals surface area contributed by atoms with Crippen LogP contribution >= 0.6 is 7.92 Å². The normalized spacial score (nSPS) is 10.4. The Balaban J connectivity index is 0.000000468. The van der Waals surface area contributed by atoms with E-state index in [1.807, 2.05) is 30.3 Å². The molecule has 0 atom stereocenters. The maximum absolute atomic E-state index is 2.33. The van der Waals surface area contributed by atoms with Crippen molar-refractivity contribution in [2.45, 2.75) is 13.3 Å². The number of hydrogen-bond acceptors (Lipinski definition) is 1. The second-order valence-corrected chi connectivity index (χ2v) is 9.56. The van der Waals surface area contributed by atoms with E-state index in [0.29, 0.717) is 0 Å². The summed E-state index contributed by atoms with van der Waals surface area (Å²) in [7, 11) is 3.79. The molecule has 0 bridgehead atoms. The molecule has 4 aromatic rings. The molecule has 0 saturated carbocycles. The Labute approximate surface area is 193 Å². The maximum atomic E-state index is 2.33. The van der Waals surface area contributed by atoms with Gasteiger partial charge in [-0.15, -0.1) is 5.30 Å². The number of likely N-dealkylation sites (N-methyl/N-ethyl adjacent to an activating group) is 1. The molecule has 0 amide bonds. The molecule has 0 aliphatic rings. The first-order valence-corrected chi connectivity index (χ1v) is 11.5. The summed E-state index contributed by atoms with van der Waals surface area (Å²) in [5.41, 5.74) is 2.92. The third-order valence-corrected chi connectivity index (χ3v) is 7.56. The van der Waals surface area contributed by atoms with Gasteiger partial charge in [0.1, 0.15) is 0 Å². The third-order valence-electron chi connectivity index (χ3n) is 4.85. The van der Waals surface area contributed by atoms with Crippen molar-refractivity contribution in [1.29, 1.82) is 0 Å². The van der Waals surface area contributed by atoms with Gasteiger partial charge in [0.15, 0.2) is 0 Å². The van der Waals surface area contributed by atoms with Crippen molar-refractivity contribution in [3.63, 3.8) is 0 Å². The predicted octanol–water partition coefficient (Wildman–Crippen LogP) is 4.98. The third kappa shape index (κ3) is 6.79. The molecule has 30 heavy (non-hydrogen) atoms. The summed E-state index contributed by atoms with van der Waals surface area (Å²) in [6.07, 6.45) is 1.11. The van der Waals surface area contributed by atoms with Gasteiger partial charge in [0, 0.05) is 0 Å². The minimum atomic E-state index is -0.500. The minimum Gasteiger partial charge on any atom is -0.310 e. The van der Waals surface area contributed by atoms with E-state index in [4.69, 9.17) is 0 Å². The molecule has 0 saturated heterocycles. The Morgan fingerprint density at radius 3 is 1.77 bits per heavy atom. The Morgan fingerprint density at radius 2 is 1.33 bits per heavy atom. The minimum absolute atomic E-state index is 0. The van der Waals surface area contributed by atoms with Gasteiger partial charge in [0.2, 0.25) is 0 Å². The fourth-order valence-corrected chi connectivity index (χ4v) is 6.04. The van der Waals surface area contributed by atoms with Gasteiger partial charge in [-0.25, -0.2) is 18.2 Å². The fraction of sp³-hybridized carbons (Fsp3) is 0.185. The molecular weight excluding hydrogens is 425 g/mol. The van der Waals surface area contributed by atoms with E-state index >= 15 is 0 Å². The van der Waals surface area contributed by atoms with Crippen LogP contribution in [0.2, 0.25) is 0 Å². The summed E-state index contributed by atoms with van der Waals surface area (Å²) >= 11 is 0. The molecule has 3 heteroatoms. The van der Waals surface area contributed by atoms with Crippen LogP contribution in [0, 0.1) is 6.92 Å². The molecule has 0 aliphatic carbocycles. The predicted molar refractivity (Wildman–Crippen MR) is 130 cm³/mol. The van der Waals surface area contributed by atoms with Crippen LogP contribution in [0.3, 0.4) is 0 Å². The van der Waals surface area contributed by atoms with Crippen LogP contribution in [-0.2, 0) is 23.5 Å². The Bertz CT molecular complexity index is 887. The maximum Gasteiger partial charge on any atom is 2.00 e. The van der Waals surface area contributed by atoms with Crippen LogP contribution in [0.15, 0.2) is 103 Å². The fourth-order valence-electron chi connectivity index (χ4n) is 3.38. The monoisotopic (exact) mass is 455 g/mol. The zero-order valence-corrected chi connectivity index (χ0v) is 20.0. The van der Waals surface area contributed by atoms with Gasteiger partial charge < -0.3 is 4.90 Å². The van der Waals surface area contributed by atoms with Crippen LogP contribution in [0.25, 0.3) is 0 Å². The van der Waals surface area contributed by atoms with Gasteiger partial charge in [0.05, 0.1) is 0 Å². The molecular formula is C27H30FeNP. The first-order valence-electron chi connectivity index (χ1n) is 10.1. The molecule has 0 aromatic heterocycles. The molecule has 156 valence electrons. The summed E-state index contributed by atoms with van der Waals surface area (Å²) in [6.45, 7) is 3.35. The number of rotatable bonds is 6. The molecule has 4 aromatic carbocycles. The zero-order chi connectivity index (χ0) is 20.5. The molecule has 0 radical (unpaired) electrons. The Morgan fingerprint density at radius 1 is 0.800 bits per heavy atom. The van der Waals surface area contributed by atoms with Crippen molar-refractivity contribution < 1.29 is 17.1 Å². The number of benzene rings is 2. The van der Waals surface area contributed by atoms with Crippen LogP contribution in [0.1, 0.15) is 11.1 Å². The Kier molecular flexibility index (Phi) is 10.3. The van der Waals surface area contributed by atoms with E-state index in [0.717, 1.165) is 13.0 Å². The quantitative estimate of drug-likeness (QED) is 0.225. The van der Waals surface area contributed by atoms with E-state index in [9.17, 15) is 0 Å². The van der Waals surface area contributed by atoms with Crippen molar-refractivity contribution in [3.8, 4) is 0 Å². The molecule has 0 spiro atoms. The van der Waals surface area contributed by atoms with Gasteiger partial charge >= 0.3 is 17.1 Å². The first kappa shape index (κ1) is 24.3. The summed E-state index contributed by atoms with van der Waals surface area (Å²) in [4.78, 5) is 2.26. The molecule has 0 aliphatic heterocycles. The van der Waals surface area contributed by atoms with Crippen LogP contribution in [-0.4, -0.2) is 25.5 Å². The van der Waals surface area contributed by atoms with Gasteiger partial charge in [-0.1, -0.05) is 74.0 Å². The van der Waals surface area contributed by atoms with Crippen LogP contribution in [0.4, 0.5) is 0 Å². The van der Waals surface area contributed by atoms with Gasteiger partial charge in [-0.3, -0.25) is 0 Å². The smallest absolute Gasteiger partial charge is 0.310 e. The summed E-state index contributed by atoms with van der Waals surface area (Å²) in [5, 5.41) is 4.41. The summed E-state index contributed by atoms with van der Waals surface area (Å²) in [6, 6.07) is 36.6. The van der Waals surface area contributed by atoms with Gasteiger partial charge in [0.25, 0.3) is 0 Å². The molecule has 0 N–H and O–H groups in total. The van der Waals surface area contributed by atoms with Crippen molar-refractivity contribution >= 4 is 23.8 Å².